The number of benzene rings is 2. The minimum absolute atomic E-state index is 0.00430. The summed E-state index contributed by atoms with van der Waals surface area (Å²) in [7, 11) is 2.96. The number of anilines is 1. The summed E-state index contributed by atoms with van der Waals surface area (Å²) in [4.78, 5) is 23.9. The van der Waals surface area contributed by atoms with Gasteiger partial charge < -0.3 is 19.9 Å². The highest BCUT2D eigenvalue weighted by molar-refractivity contribution is 14.1. The molecule has 28 heavy (non-hydrogen) atoms. The molecule has 9 heteroatoms. The van der Waals surface area contributed by atoms with Gasteiger partial charge in [-0.05, 0) is 52.4 Å². The molecule has 8 nitrogen and oxygen atoms in total. The molecular weight excluding hydrogens is 477 g/mol. The third-order valence-corrected chi connectivity index (χ3v) is 4.46. The quantitative estimate of drug-likeness (QED) is 0.295. The summed E-state index contributed by atoms with van der Waals surface area (Å²) in [6, 6.07) is 10.3. The zero-order valence-corrected chi connectivity index (χ0v) is 17.5. The minimum Gasteiger partial charge on any atom is -0.504 e. The number of nitrogens with zero attached hydrogens (tertiary/aromatic N) is 1. The maximum atomic E-state index is 12.0. The highest BCUT2D eigenvalue weighted by atomic mass is 127. The largest absolute Gasteiger partial charge is 0.504 e. The zero-order chi connectivity index (χ0) is 20.5. The number of methoxy groups -OCH3 is 2. The smallest absolute Gasteiger partial charge is 0.240 e. The van der Waals surface area contributed by atoms with Gasteiger partial charge in [-0.1, -0.05) is 12.1 Å². The van der Waals surface area contributed by atoms with E-state index in [1.807, 2.05) is 22.6 Å². The molecule has 3 N–H and O–H groups in total. The fraction of sp³-hybridized carbons (Fsp3) is 0.211. The van der Waals surface area contributed by atoms with Crippen molar-refractivity contribution in [1.82, 2.24) is 5.43 Å². The highest BCUT2D eigenvalue weighted by Crippen LogP contribution is 2.31. The Morgan fingerprint density at radius 3 is 2.50 bits per heavy atom. The summed E-state index contributed by atoms with van der Waals surface area (Å²) in [6.07, 6.45) is 1.41. The molecule has 0 aliphatic heterocycles. The van der Waals surface area contributed by atoms with E-state index >= 15 is 0 Å². The molecule has 0 radical (unpaired) electrons. The predicted octanol–water partition coefficient (Wildman–Crippen LogP) is 2.88. The van der Waals surface area contributed by atoms with Crippen molar-refractivity contribution in [3.05, 3.63) is 45.5 Å². The lowest BCUT2D eigenvalue weighted by atomic mass is 10.2. The van der Waals surface area contributed by atoms with Crippen LogP contribution < -0.4 is 20.2 Å². The lowest BCUT2D eigenvalue weighted by Crippen LogP contribution is -2.20. The number of nitrogens with one attached hydrogen (secondary N) is 2. The van der Waals surface area contributed by atoms with E-state index in [1.165, 1.54) is 20.4 Å². The molecule has 0 saturated heterocycles. The van der Waals surface area contributed by atoms with Crippen molar-refractivity contribution in [1.29, 1.82) is 0 Å². The molecule has 0 atom stereocenters. The Balaban J connectivity index is 1.83. The molecule has 0 heterocycles. The number of carbonyl (C=O) groups is 2. The van der Waals surface area contributed by atoms with Crippen LogP contribution in [0.15, 0.2) is 41.5 Å². The first kappa shape index (κ1) is 21.5. The van der Waals surface area contributed by atoms with E-state index in [1.54, 1.807) is 36.4 Å². The van der Waals surface area contributed by atoms with Crippen LogP contribution in [0.3, 0.4) is 0 Å². The van der Waals surface area contributed by atoms with Gasteiger partial charge in [-0.2, -0.15) is 5.10 Å². The average Bonchev–Trinajstić information content (AvgIpc) is 2.69. The number of rotatable bonds is 8. The Hall–Kier alpha value is -2.82. The van der Waals surface area contributed by atoms with Crippen LogP contribution in [0.5, 0.6) is 17.2 Å². The van der Waals surface area contributed by atoms with Crippen molar-refractivity contribution in [2.75, 3.05) is 19.5 Å². The predicted molar refractivity (Wildman–Crippen MR) is 114 cm³/mol. The Morgan fingerprint density at radius 2 is 1.79 bits per heavy atom. The second-order valence-corrected chi connectivity index (χ2v) is 6.76. The van der Waals surface area contributed by atoms with Crippen molar-refractivity contribution in [3.63, 3.8) is 0 Å². The number of hydrogen-bond donors (Lipinski definition) is 3. The number of hydrogen-bond acceptors (Lipinski definition) is 6. The maximum absolute atomic E-state index is 12.0. The fourth-order valence-corrected chi connectivity index (χ4v) is 2.87. The molecule has 2 amide bonds. The van der Waals surface area contributed by atoms with Gasteiger partial charge in [0.05, 0.1) is 29.7 Å². The van der Waals surface area contributed by atoms with Gasteiger partial charge in [-0.15, -0.1) is 0 Å². The molecule has 0 unspecified atom stereocenters. The first-order chi connectivity index (χ1) is 13.4. The van der Waals surface area contributed by atoms with Crippen molar-refractivity contribution in [2.45, 2.75) is 12.8 Å². The van der Waals surface area contributed by atoms with Gasteiger partial charge in [0.2, 0.25) is 11.8 Å². The third kappa shape index (κ3) is 6.12. The molecule has 0 saturated carbocycles. The van der Waals surface area contributed by atoms with E-state index in [9.17, 15) is 14.7 Å². The molecule has 2 aromatic rings. The number of phenols is 1. The fourth-order valence-electron chi connectivity index (χ4n) is 2.25. The number of aromatic hydroxyl groups is 1. The molecule has 0 aromatic heterocycles. The van der Waals surface area contributed by atoms with Crippen LogP contribution in [0.1, 0.15) is 18.4 Å². The number of hydrazone groups is 1. The van der Waals surface area contributed by atoms with Crippen molar-refractivity contribution in [2.24, 2.45) is 5.10 Å². The van der Waals surface area contributed by atoms with Crippen LogP contribution >= 0.6 is 22.6 Å². The number of carbonyl (C=O) groups excluding carboxylic acids is 2. The van der Waals surface area contributed by atoms with Crippen LogP contribution in [0, 0.1) is 3.57 Å². The van der Waals surface area contributed by atoms with Crippen LogP contribution in [0.4, 0.5) is 5.69 Å². The third-order valence-electron chi connectivity index (χ3n) is 3.63. The van der Waals surface area contributed by atoms with Gasteiger partial charge in [0.1, 0.15) is 5.75 Å². The molecule has 0 fully saturated rings. The Kier molecular flexibility index (Phi) is 8.05. The number of para-hydroxylation sites is 2. The summed E-state index contributed by atoms with van der Waals surface area (Å²) < 4.78 is 10.8. The number of ether oxygens (including phenoxy) is 2. The standard InChI is InChI=1S/C19H20IN3O5/c1-27-15-6-4-3-5-14(15)22-17(24)7-8-18(25)23-21-11-12-9-13(20)19(26)16(10-12)28-2/h3-6,9-11,26H,7-8H2,1-2H3,(H,22,24)(H,23,25)/b21-11+. The number of halogens is 1. The lowest BCUT2D eigenvalue weighted by Gasteiger charge is -2.09. The van der Waals surface area contributed by atoms with Crippen LogP contribution in [0.2, 0.25) is 0 Å². The molecule has 2 rings (SSSR count). The molecule has 2 aromatic carbocycles. The Bertz CT molecular complexity index is 886. The maximum Gasteiger partial charge on any atom is 0.240 e. The first-order valence-electron chi connectivity index (χ1n) is 8.26. The summed E-state index contributed by atoms with van der Waals surface area (Å²) >= 11 is 1.97. The van der Waals surface area contributed by atoms with Crippen LogP contribution in [-0.2, 0) is 9.59 Å². The van der Waals surface area contributed by atoms with Crippen LogP contribution in [-0.4, -0.2) is 37.4 Å². The van der Waals surface area contributed by atoms with Gasteiger partial charge >= 0.3 is 0 Å². The molecule has 0 spiro atoms. The molecule has 0 aliphatic rings. The van der Waals surface area contributed by atoms with Gasteiger partial charge in [0, 0.05) is 12.8 Å². The highest BCUT2D eigenvalue weighted by Gasteiger charge is 2.10. The van der Waals surface area contributed by atoms with Crippen molar-refractivity contribution in [3.8, 4) is 17.2 Å². The van der Waals surface area contributed by atoms with Gasteiger partial charge in [-0.25, -0.2) is 5.43 Å². The Labute approximate surface area is 176 Å². The molecule has 0 aliphatic carbocycles. The molecule has 0 bridgehead atoms. The molecule has 148 valence electrons. The average molecular weight is 497 g/mol. The first-order valence-corrected chi connectivity index (χ1v) is 9.33. The SMILES string of the molecule is COc1ccccc1NC(=O)CCC(=O)N/N=C/c1cc(I)c(O)c(OC)c1. The van der Waals surface area contributed by atoms with E-state index in [2.05, 4.69) is 15.8 Å². The Morgan fingerprint density at radius 1 is 1.11 bits per heavy atom. The lowest BCUT2D eigenvalue weighted by molar-refractivity contribution is -0.124. The second-order valence-electron chi connectivity index (χ2n) is 5.60. The van der Waals surface area contributed by atoms with Gasteiger partial charge in [0.15, 0.2) is 11.5 Å². The number of amides is 2. The normalized spacial score (nSPS) is 10.5. The van der Waals surface area contributed by atoms with E-state index in [0.29, 0.717) is 26.3 Å². The summed E-state index contributed by atoms with van der Waals surface area (Å²) in [5.41, 5.74) is 3.56. The minimum atomic E-state index is -0.396. The monoisotopic (exact) mass is 497 g/mol. The van der Waals surface area contributed by atoms with Crippen LogP contribution in [0.25, 0.3) is 0 Å². The molecular formula is C19H20IN3O5. The van der Waals surface area contributed by atoms with Crippen molar-refractivity contribution < 1.29 is 24.2 Å². The number of phenolic OH excluding ortho intramolecular Hbond substituents is 1. The van der Waals surface area contributed by atoms with Gasteiger partial charge in [-0.3, -0.25) is 9.59 Å². The van der Waals surface area contributed by atoms with E-state index in [0.717, 1.165) is 0 Å². The topological polar surface area (TPSA) is 109 Å². The van der Waals surface area contributed by atoms with E-state index in [-0.39, 0.29) is 24.5 Å². The summed E-state index contributed by atoms with van der Waals surface area (Å²) in [5.74, 6) is 0.204. The second kappa shape index (κ2) is 10.5. The zero-order valence-electron chi connectivity index (χ0n) is 15.4. The van der Waals surface area contributed by atoms with E-state index < -0.39 is 5.91 Å². The van der Waals surface area contributed by atoms with Gasteiger partial charge in [0.25, 0.3) is 0 Å². The summed E-state index contributed by atoms with van der Waals surface area (Å²) in [5, 5.41) is 16.4. The summed E-state index contributed by atoms with van der Waals surface area (Å²) in [6.45, 7) is 0. The van der Waals surface area contributed by atoms with Crippen molar-refractivity contribution >= 4 is 46.3 Å². The van der Waals surface area contributed by atoms with E-state index in [4.69, 9.17) is 9.47 Å².